The van der Waals surface area contributed by atoms with Gasteiger partial charge in [0.1, 0.15) is 5.82 Å². The minimum absolute atomic E-state index is 0.248. The van der Waals surface area contributed by atoms with E-state index in [0.717, 1.165) is 0 Å². The van der Waals surface area contributed by atoms with E-state index in [1.54, 1.807) is 6.92 Å². The van der Waals surface area contributed by atoms with Gasteiger partial charge in [0.2, 0.25) is 0 Å². The molecule has 1 unspecified atom stereocenters. The molecule has 72 valence electrons. The Balaban J connectivity index is 3.15. The van der Waals surface area contributed by atoms with Gasteiger partial charge in [0.05, 0.1) is 12.6 Å². The lowest BCUT2D eigenvalue weighted by molar-refractivity contribution is 0.265. The molecule has 0 saturated carbocycles. The molecule has 1 atom stereocenters. The number of nitrogens with two attached hydrogens (primary N) is 1. The predicted octanol–water partition coefficient (Wildman–Crippen LogP) is 1.78. The normalized spacial score (nSPS) is 13.0. The number of benzene rings is 1. The number of hydrogen-bond donors (Lipinski definition) is 2. The van der Waals surface area contributed by atoms with Gasteiger partial charge in [-0.1, -0.05) is 11.6 Å². The highest BCUT2D eigenvalue weighted by Crippen LogP contribution is 2.23. The van der Waals surface area contributed by atoms with Crippen molar-refractivity contribution in [2.75, 3.05) is 6.61 Å². The molecule has 0 amide bonds. The van der Waals surface area contributed by atoms with Gasteiger partial charge in [-0.15, -0.1) is 0 Å². The van der Waals surface area contributed by atoms with Gasteiger partial charge >= 0.3 is 0 Å². The lowest BCUT2D eigenvalue weighted by Gasteiger charge is -2.11. The molecule has 0 aliphatic heterocycles. The zero-order chi connectivity index (χ0) is 10.0. The fourth-order valence-electron chi connectivity index (χ4n) is 1.04. The summed E-state index contributed by atoms with van der Waals surface area (Å²) < 4.78 is 13.2. The molecule has 1 aromatic rings. The first-order valence-electron chi connectivity index (χ1n) is 3.88. The van der Waals surface area contributed by atoms with Crippen molar-refractivity contribution in [2.45, 2.75) is 13.0 Å². The minimum Gasteiger partial charge on any atom is -0.394 e. The van der Waals surface area contributed by atoms with E-state index in [1.165, 1.54) is 12.1 Å². The van der Waals surface area contributed by atoms with Crippen molar-refractivity contribution in [1.29, 1.82) is 0 Å². The van der Waals surface area contributed by atoms with Crippen LogP contribution in [0.2, 0.25) is 5.02 Å². The average Bonchev–Trinajstić information content (AvgIpc) is 2.10. The molecule has 2 nitrogen and oxygen atoms in total. The van der Waals surface area contributed by atoms with Crippen LogP contribution in [0.5, 0.6) is 0 Å². The molecule has 0 fully saturated rings. The summed E-state index contributed by atoms with van der Waals surface area (Å²) in [5.74, 6) is -0.427. The number of halogens is 2. The van der Waals surface area contributed by atoms with Crippen molar-refractivity contribution >= 4 is 11.6 Å². The smallest absolute Gasteiger partial charge is 0.128 e. The molecule has 1 aromatic carbocycles. The highest BCUT2D eigenvalue weighted by atomic mass is 35.5. The summed E-state index contributed by atoms with van der Waals surface area (Å²) in [6.45, 7) is 1.41. The zero-order valence-corrected chi connectivity index (χ0v) is 7.98. The zero-order valence-electron chi connectivity index (χ0n) is 7.22. The third-order valence-corrected chi connectivity index (χ3v) is 2.28. The predicted molar refractivity (Wildman–Crippen MR) is 50.2 cm³/mol. The van der Waals surface area contributed by atoms with E-state index in [0.29, 0.717) is 10.6 Å². The Morgan fingerprint density at radius 3 is 2.77 bits per heavy atom. The van der Waals surface area contributed by atoms with E-state index in [4.69, 9.17) is 22.4 Å². The molecule has 0 heterocycles. The van der Waals surface area contributed by atoms with Crippen LogP contribution in [0.3, 0.4) is 0 Å². The fourth-order valence-corrected chi connectivity index (χ4v) is 1.22. The van der Waals surface area contributed by atoms with Crippen molar-refractivity contribution in [3.8, 4) is 0 Å². The summed E-state index contributed by atoms with van der Waals surface area (Å²) in [5, 5.41) is 9.20. The highest BCUT2D eigenvalue weighted by molar-refractivity contribution is 6.31. The minimum atomic E-state index is -0.710. The lowest BCUT2D eigenvalue weighted by atomic mass is 10.1. The molecule has 0 saturated heterocycles. The van der Waals surface area contributed by atoms with Gasteiger partial charge in [-0.2, -0.15) is 0 Å². The maximum Gasteiger partial charge on any atom is 0.128 e. The topological polar surface area (TPSA) is 46.2 Å². The van der Waals surface area contributed by atoms with Crippen LogP contribution in [-0.4, -0.2) is 11.7 Å². The first-order valence-corrected chi connectivity index (χ1v) is 4.26. The Hall–Kier alpha value is -0.640. The van der Waals surface area contributed by atoms with E-state index in [-0.39, 0.29) is 12.2 Å². The Labute approximate surface area is 81.1 Å². The molecule has 0 bridgehead atoms. The summed E-state index contributed by atoms with van der Waals surface area (Å²) in [4.78, 5) is 0. The van der Waals surface area contributed by atoms with Gasteiger partial charge in [0.15, 0.2) is 0 Å². The van der Waals surface area contributed by atoms with Crippen LogP contribution in [0.25, 0.3) is 0 Å². The summed E-state index contributed by atoms with van der Waals surface area (Å²) >= 11 is 5.78. The maximum atomic E-state index is 13.2. The quantitative estimate of drug-likeness (QED) is 0.770. The second-order valence-electron chi connectivity index (χ2n) is 2.91. The third-order valence-electron chi connectivity index (χ3n) is 1.87. The van der Waals surface area contributed by atoms with Gasteiger partial charge in [-0.25, -0.2) is 4.39 Å². The summed E-state index contributed by atoms with van der Waals surface area (Å²) in [7, 11) is 0. The standard InChI is InChI=1S/C9H11ClFNO/c1-5-2-8(11)6(3-7(5)10)9(12)4-13/h2-3,9,13H,4,12H2,1H3. The second-order valence-corrected chi connectivity index (χ2v) is 3.32. The van der Waals surface area contributed by atoms with Crippen LogP contribution in [0.15, 0.2) is 12.1 Å². The monoisotopic (exact) mass is 203 g/mol. The highest BCUT2D eigenvalue weighted by Gasteiger charge is 2.12. The summed E-state index contributed by atoms with van der Waals surface area (Å²) in [6, 6.07) is 2.05. The Bertz CT molecular complexity index is 317. The second kappa shape index (κ2) is 4.05. The first kappa shape index (κ1) is 10.4. The number of hydrogen-bond acceptors (Lipinski definition) is 2. The first-order chi connectivity index (χ1) is 6.06. The molecule has 0 aromatic heterocycles. The van der Waals surface area contributed by atoms with Gasteiger partial charge in [-0.05, 0) is 24.6 Å². The van der Waals surface area contributed by atoms with Gasteiger partial charge < -0.3 is 10.8 Å². The Kier molecular flexibility index (Phi) is 3.25. The van der Waals surface area contributed by atoms with Gasteiger partial charge in [0.25, 0.3) is 0 Å². The number of aliphatic hydroxyl groups excluding tert-OH is 1. The number of rotatable bonds is 2. The Morgan fingerprint density at radius 2 is 2.23 bits per heavy atom. The molecule has 0 aliphatic rings. The lowest BCUT2D eigenvalue weighted by Crippen LogP contribution is -2.16. The van der Waals surface area contributed by atoms with Crippen LogP contribution >= 0.6 is 11.6 Å². The van der Waals surface area contributed by atoms with Crippen molar-refractivity contribution in [1.82, 2.24) is 0 Å². The molecule has 3 N–H and O–H groups in total. The molecular weight excluding hydrogens is 193 g/mol. The SMILES string of the molecule is Cc1cc(F)c(C(N)CO)cc1Cl. The van der Waals surface area contributed by atoms with Crippen molar-refractivity contribution < 1.29 is 9.50 Å². The molecule has 0 aliphatic carbocycles. The fraction of sp³-hybridized carbons (Fsp3) is 0.333. The molecule has 0 spiro atoms. The molecule has 13 heavy (non-hydrogen) atoms. The Morgan fingerprint density at radius 1 is 1.62 bits per heavy atom. The van der Waals surface area contributed by atoms with E-state index >= 15 is 0 Å². The van der Waals surface area contributed by atoms with E-state index < -0.39 is 11.9 Å². The molecule has 0 radical (unpaired) electrons. The van der Waals surface area contributed by atoms with Crippen LogP contribution in [-0.2, 0) is 0 Å². The van der Waals surface area contributed by atoms with E-state index in [2.05, 4.69) is 0 Å². The van der Waals surface area contributed by atoms with Crippen molar-refractivity contribution in [2.24, 2.45) is 5.73 Å². The van der Waals surface area contributed by atoms with E-state index in [1.807, 2.05) is 0 Å². The van der Waals surface area contributed by atoms with Gasteiger partial charge in [-0.3, -0.25) is 0 Å². The molecule has 1 rings (SSSR count). The number of aryl methyl sites for hydroxylation is 1. The number of aliphatic hydroxyl groups is 1. The van der Waals surface area contributed by atoms with Crippen LogP contribution in [0.1, 0.15) is 17.2 Å². The average molecular weight is 204 g/mol. The van der Waals surface area contributed by atoms with Crippen molar-refractivity contribution in [3.63, 3.8) is 0 Å². The summed E-state index contributed by atoms with van der Waals surface area (Å²) in [6.07, 6.45) is 0. The van der Waals surface area contributed by atoms with Crippen LogP contribution in [0, 0.1) is 12.7 Å². The van der Waals surface area contributed by atoms with Gasteiger partial charge in [0, 0.05) is 10.6 Å². The third kappa shape index (κ3) is 2.18. The van der Waals surface area contributed by atoms with Crippen LogP contribution in [0.4, 0.5) is 4.39 Å². The summed E-state index contributed by atoms with van der Waals surface area (Å²) in [5.41, 5.74) is 6.37. The van der Waals surface area contributed by atoms with Crippen LogP contribution < -0.4 is 5.73 Å². The van der Waals surface area contributed by atoms with E-state index in [9.17, 15) is 4.39 Å². The molecule has 4 heteroatoms. The largest absolute Gasteiger partial charge is 0.394 e. The van der Waals surface area contributed by atoms with Crippen molar-refractivity contribution in [3.05, 3.63) is 34.1 Å². The molecular formula is C9H11ClFNO. The maximum absolute atomic E-state index is 13.2.